The van der Waals surface area contributed by atoms with Crippen LogP contribution in [0.25, 0.3) is 10.9 Å². The van der Waals surface area contributed by atoms with Crippen LogP contribution in [0, 0.1) is 0 Å². The van der Waals surface area contributed by atoms with Gasteiger partial charge in [0, 0.05) is 18.1 Å². The number of unbranched alkanes of at least 4 members (excludes halogenated alkanes) is 1. The number of rotatable bonds is 6. The molecule has 1 aromatic heterocycles. The molecule has 3 nitrogen and oxygen atoms in total. The number of fused-ring (bicyclic) bond motifs is 1. The molecule has 3 heteroatoms. The summed E-state index contributed by atoms with van der Waals surface area (Å²) >= 11 is 0. The average Bonchev–Trinajstić information content (AvgIpc) is 2.81. The van der Waals surface area contributed by atoms with E-state index in [9.17, 15) is 9.90 Å². The molecule has 1 heterocycles. The molecular weight excluding hydrogens is 286 g/mol. The van der Waals surface area contributed by atoms with Crippen LogP contribution in [-0.4, -0.2) is 15.6 Å². The summed E-state index contributed by atoms with van der Waals surface area (Å²) in [5.41, 5.74) is 3.93. The number of benzene rings is 1. The van der Waals surface area contributed by atoms with E-state index < -0.39 is 5.97 Å². The van der Waals surface area contributed by atoms with Crippen LogP contribution in [0.4, 0.5) is 0 Å². The molecule has 1 aromatic carbocycles. The molecule has 0 atom stereocenters. The molecule has 0 fully saturated rings. The maximum Gasteiger partial charge on any atom is 0.335 e. The number of aromatic carboxylic acids is 1. The summed E-state index contributed by atoms with van der Waals surface area (Å²) in [4.78, 5) is 11.6. The van der Waals surface area contributed by atoms with Crippen LogP contribution in [0.15, 0.2) is 18.3 Å². The molecule has 0 amide bonds. The van der Waals surface area contributed by atoms with Gasteiger partial charge in [-0.3, -0.25) is 0 Å². The smallest absolute Gasteiger partial charge is 0.335 e. The first-order valence-electron chi connectivity index (χ1n) is 8.69. The second-order valence-corrected chi connectivity index (χ2v) is 7.43. The first-order chi connectivity index (χ1) is 10.8. The summed E-state index contributed by atoms with van der Waals surface area (Å²) < 4.78 is 2.34. The van der Waals surface area contributed by atoms with Gasteiger partial charge in [0.25, 0.3) is 0 Å². The first kappa shape index (κ1) is 17.6. The fourth-order valence-corrected chi connectivity index (χ4v) is 3.18. The van der Waals surface area contributed by atoms with Crippen LogP contribution in [-0.2, 0) is 18.4 Å². The summed E-state index contributed by atoms with van der Waals surface area (Å²) in [6.45, 7) is 11.8. The number of carboxylic acids is 1. The van der Waals surface area contributed by atoms with Crippen molar-refractivity contribution in [2.24, 2.45) is 0 Å². The highest BCUT2D eigenvalue weighted by molar-refractivity contribution is 5.97. The Hall–Kier alpha value is -1.77. The van der Waals surface area contributed by atoms with Gasteiger partial charge in [-0.1, -0.05) is 47.5 Å². The third kappa shape index (κ3) is 3.60. The van der Waals surface area contributed by atoms with Crippen molar-refractivity contribution in [3.05, 3.63) is 35.0 Å². The van der Waals surface area contributed by atoms with Crippen molar-refractivity contribution in [1.29, 1.82) is 0 Å². The Bertz CT molecular complexity index is 704. The Balaban J connectivity index is 2.79. The minimum absolute atomic E-state index is 0.0878. The van der Waals surface area contributed by atoms with Gasteiger partial charge in [0.1, 0.15) is 0 Å². The molecule has 0 spiro atoms. The largest absolute Gasteiger partial charge is 0.478 e. The highest BCUT2D eigenvalue weighted by Crippen LogP contribution is 2.35. The third-order valence-corrected chi connectivity index (χ3v) is 4.38. The lowest BCUT2D eigenvalue weighted by Crippen LogP contribution is -2.15. The van der Waals surface area contributed by atoms with Crippen LogP contribution in [0.3, 0.4) is 0 Å². The minimum atomic E-state index is -0.846. The van der Waals surface area contributed by atoms with E-state index in [1.807, 2.05) is 12.1 Å². The summed E-state index contributed by atoms with van der Waals surface area (Å²) in [5, 5.41) is 10.6. The molecule has 2 rings (SSSR count). The Morgan fingerprint density at radius 1 is 1.17 bits per heavy atom. The number of nitrogens with zero attached hydrogens (tertiary/aromatic N) is 1. The Labute approximate surface area is 139 Å². The predicted octanol–water partition coefficient (Wildman–Crippen LogP) is 5.39. The van der Waals surface area contributed by atoms with Crippen molar-refractivity contribution >= 4 is 16.9 Å². The number of carbonyl (C=O) groups is 1. The van der Waals surface area contributed by atoms with E-state index in [2.05, 4.69) is 45.4 Å². The Morgan fingerprint density at radius 2 is 1.87 bits per heavy atom. The molecule has 0 radical (unpaired) electrons. The van der Waals surface area contributed by atoms with E-state index in [-0.39, 0.29) is 5.41 Å². The lowest BCUT2D eigenvalue weighted by Gasteiger charge is -2.22. The van der Waals surface area contributed by atoms with Gasteiger partial charge in [-0.25, -0.2) is 4.79 Å². The summed E-state index contributed by atoms with van der Waals surface area (Å²) in [5.74, 6) is -0.846. The molecule has 23 heavy (non-hydrogen) atoms. The predicted molar refractivity (Wildman–Crippen MR) is 96.5 cm³/mol. The van der Waals surface area contributed by atoms with E-state index in [1.165, 1.54) is 11.1 Å². The van der Waals surface area contributed by atoms with E-state index >= 15 is 0 Å². The lowest BCUT2D eigenvalue weighted by molar-refractivity contribution is 0.0697. The normalized spacial score (nSPS) is 12.0. The van der Waals surface area contributed by atoms with E-state index in [0.29, 0.717) is 5.56 Å². The van der Waals surface area contributed by atoms with Crippen LogP contribution in [0.2, 0.25) is 0 Å². The molecule has 0 unspecified atom stereocenters. The molecule has 0 aliphatic heterocycles. The van der Waals surface area contributed by atoms with Crippen LogP contribution in [0.1, 0.15) is 75.4 Å². The van der Waals surface area contributed by atoms with Crippen LogP contribution in [0.5, 0.6) is 0 Å². The number of carboxylic acid groups (broad SMARTS) is 1. The molecule has 0 saturated heterocycles. The van der Waals surface area contributed by atoms with Crippen LogP contribution >= 0.6 is 0 Å². The van der Waals surface area contributed by atoms with Crippen molar-refractivity contribution in [1.82, 2.24) is 4.57 Å². The van der Waals surface area contributed by atoms with Gasteiger partial charge >= 0.3 is 5.97 Å². The van der Waals surface area contributed by atoms with Gasteiger partial charge in [-0.15, -0.1) is 0 Å². The fourth-order valence-electron chi connectivity index (χ4n) is 3.18. The third-order valence-electron chi connectivity index (χ3n) is 4.38. The topological polar surface area (TPSA) is 42.2 Å². The highest BCUT2D eigenvalue weighted by Gasteiger charge is 2.23. The SMILES string of the molecule is CCCCn1cc(CCC)c2cc(C(=O)O)cc(C(C)(C)C)c21. The number of hydrogen-bond donors (Lipinski definition) is 1. The van der Waals surface area contributed by atoms with E-state index in [1.54, 1.807) is 0 Å². The molecule has 0 aliphatic carbocycles. The maximum atomic E-state index is 11.6. The fraction of sp³-hybridized carbons (Fsp3) is 0.550. The number of aryl methyl sites for hydroxylation is 2. The van der Waals surface area contributed by atoms with Gasteiger partial charge in [0.2, 0.25) is 0 Å². The van der Waals surface area contributed by atoms with Gasteiger partial charge in [-0.2, -0.15) is 0 Å². The number of hydrogen-bond acceptors (Lipinski definition) is 1. The second-order valence-electron chi connectivity index (χ2n) is 7.43. The average molecular weight is 315 g/mol. The molecule has 0 bridgehead atoms. The summed E-state index contributed by atoms with van der Waals surface area (Å²) in [6.07, 6.45) is 6.59. The molecule has 126 valence electrons. The van der Waals surface area contributed by atoms with Gasteiger partial charge in [0.05, 0.1) is 11.1 Å². The van der Waals surface area contributed by atoms with Crippen molar-refractivity contribution in [2.45, 2.75) is 72.3 Å². The Morgan fingerprint density at radius 3 is 2.39 bits per heavy atom. The van der Waals surface area contributed by atoms with E-state index in [0.717, 1.165) is 43.2 Å². The highest BCUT2D eigenvalue weighted by atomic mass is 16.4. The molecule has 1 N–H and O–H groups in total. The zero-order chi connectivity index (χ0) is 17.2. The van der Waals surface area contributed by atoms with Gasteiger partial charge < -0.3 is 9.67 Å². The van der Waals surface area contributed by atoms with Crippen molar-refractivity contribution in [2.75, 3.05) is 0 Å². The zero-order valence-electron chi connectivity index (χ0n) is 15.1. The molecule has 0 saturated carbocycles. The minimum Gasteiger partial charge on any atom is -0.478 e. The second kappa shape index (κ2) is 6.77. The molecular formula is C20H29NO2. The standard InChI is InChI=1S/C20H29NO2/c1-6-8-10-21-13-14(9-7-2)16-11-15(19(22)23)12-17(18(16)21)20(3,4)5/h11-13H,6-10H2,1-5H3,(H,22,23). The monoisotopic (exact) mass is 315 g/mol. The quantitative estimate of drug-likeness (QED) is 0.776. The van der Waals surface area contributed by atoms with Gasteiger partial charge in [0.15, 0.2) is 0 Å². The van der Waals surface area contributed by atoms with E-state index in [4.69, 9.17) is 0 Å². The van der Waals surface area contributed by atoms with Crippen molar-refractivity contribution < 1.29 is 9.90 Å². The maximum absolute atomic E-state index is 11.6. The zero-order valence-corrected chi connectivity index (χ0v) is 15.1. The molecule has 0 aliphatic rings. The lowest BCUT2D eigenvalue weighted by atomic mass is 9.84. The molecule has 2 aromatic rings. The Kier molecular flexibility index (Phi) is 5.18. The van der Waals surface area contributed by atoms with Crippen molar-refractivity contribution in [3.8, 4) is 0 Å². The first-order valence-corrected chi connectivity index (χ1v) is 8.69. The summed E-state index contributed by atoms with van der Waals surface area (Å²) in [7, 11) is 0. The summed E-state index contributed by atoms with van der Waals surface area (Å²) in [6, 6.07) is 3.73. The van der Waals surface area contributed by atoms with Crippen LogP contribution < -0.4 is 0 Å². The number of aromatic nitrogens is 1. The van der Waals surface area contributed by atoms with Gasteiger partial charge in [-0.05, 0) is 41.5 Å². The van der Waals surface area contributed by atoms with Crippen molar-refractivity contribution in [3.63, 3.8) is 0 Å².